The third-order valence-electron chi connectivity index (χ3n) is 3.08. The fraction of sp³-hybridized carbons (Fsp3) is 0.429. The molecule has 1 aliphatic rings. The van der Waals surface area contributed by atoms with Gasteiger partial charge in [0.1, 0.15) is 5.82 Å². The second-order valence-corrected chi connectivity index (χ2v) is 5.67. The fourth-order valence-electron chi connectivity index (χ4n) is 2.06. The van der Waals surface area contributed by atoms with Gasteiger partial charge in [0.05, 0.1) is 24.9 Å². The number of thioether (sulfide) groups is 1. The Kier molecular flexibility index (Phi) is 5.58. The van der Waals surface area contributed by atoms with Crippen LogP contribution in [-0.4, -0.2) is 53.4 Å². The maximum atomic E-state index is 13.5. The molecule has 1 aromatic rings. The number of aliphatic carboxylic acids is 1. The van der Waals surface area contributed by atoms with E-state index < -0.39 is 12.1 Å². The number of nitrogens with zero attached hydrogens (tertiary/aromatic N) is 1. The van der Waals surface area contributed by atoms with Crippen LogP contribution in [0.4, 0.5) is 4.39 Å². The number of hydrogen-bond donors (Lipinski definition) is 1. The Morgan fingerprint density at radius 2 is 2.19 bits per heavy atom. The van der Waals surface area contributed by atoms with Crippen molar-refractivity contribution in [1.29, 1.82) is 0 Å². The molecule has 1 atom stereocenters. The normalized spacial score (nSPS) is 18.5. The van der Waals surface area contributed by atoms with Crippen LogP contribution < -0.4 is 0 Å². The van der Waals surface area contributed by atoms with Crippen molar-refractivity contribution in [3.63, 3.8) is 0 Å². The Balaban J connectivity index is 1.85. The van der Waals surface area contributed by atoms with Gasteiger partial charge in [-0.1, -0.05) is 12.1 Å². The van der Waals surface area contributed by atoms with E-state index in [1.807, 2.05) is 0 Å². The fourth-order valence-corrected chi connectivity index (χ4v) is 2.90. The summed E-state index contributed by atoms with van der Waals surface area (Å²) in [4.78, 5) is 24.8. The van der Waals surface area contributed by atoms with E-state index >= 15 is 0 Å². The van der Waals surface area contributed by atoms with Gasteiger partial charge in [0.15, 0.2) is 0 Å². The minimum atomic E-state index is -0.949. The lowest BCUT2D eigenvalue weighted by Gasteiger charge is -2.32. The number of carboxylic acids is 1. The van der Waals surface area contributed by atoms with Gasteiger partial charge in [-0.15, -0.1) is 11.8 Å². The number of carbonyl (C=O) groups is 2. The molecule has 0 spiro atoms. The van der Waals surface area contributed by atoms with Crippen molar-refractivity contribution in [3.05, 3.63) is 30.1 Å². The number of benzene rings is 1. The number of ether oxygens (including phenoxy) is 1. The molecule has 2 rings (SSSR count). The maximum Gasteiger partial charge on any atom is 0.306 e. The van der Waals surface area contributed by atoms with Gasteiger partial charge in [0.25, 0.3) is 0 Å². The van der Waals surface area contributed by atoms with Crippen molar-refractivity contribution in [2.45, 2.75) is 17.4 Å². The molecule has 1 unspecified atom stereocenters. The summed E-state index contributed by atoms with van der Waals surface area (Å²) in [6, 6.07) is 6.29. The van der Waals surface area contributed by atoms with E-state index in [0.717, 1.165) is 11.8 Å². The average Bonchev–Trinajstić information content (AvgIpc) is 2.45. The highest BCUT2D eigenvalue weighted by Gasteiger charge is 2.25. The van der Waals surface area contributed by atoms with Gasteiger partial charge in [-0.3, -0.25) is 9.59 Å². The summed E-state index contributed by atoms with van der Waals surface area (Å²) in [7, 11) is 0. The molecular formula is C14H16FNO4S. The summed E-state index contributed by atoms with van der Waals surface area (Å²) < 4.78 is 18.8. The van der Waals surface area contributed by atoms with Gasteiger partial charge in [-0.25, -0.2) is 4.39 Å². The SMILES string of the molecule is O=C(O)CC1CN(C(=O)CSc2ccccc2F)CCO1. The summed E-state index contributed by atoms with van der Waals surface area (Å²) in [5.41, 5.74) is 0. The van der Waals surface area contributed by atoms with Crippen LogP contribution in [0, 0.1) is 5.82 Å². The molecule has 1 fully saturated rings. The van der Waals surface area contributed by atoms with Crippen LogP contribution in [-0.2, 0) is 14.3 Å². The molecule has 0 aliphatic carbocycles. The summed E-state index contributed by atoms with van der Waals surface area (Å²) in [6.07, 6.45) is -0.594. The van der Waals surface area contributed by atoms with Crippen LogP contribution >= 0.6 is 11.8 Å². The minimum Gasteiger partial charge on any atom is -0.481 e. The maximum absolute atomic E-state index is 13.5. The molecule has 0 saturated carbocycles. The summed E-state index contributed by atoms with van der Waals surface area (Å²) in [5.74, 6) is -1.31. The minimum absolute atomic E-state index is 0.121. The van der Waals surface area contributed by atoms with E-state index in [1.54, 1.807) is 23.1 Å². The first-order valence-corrected chi connectivity index (χ1v) is 7.53. The second-order valence-electron chi connectivity index (χ2n) is 4.65. The second kappa shape index (κ2) is 7.42. The van der Waals surface area contributed by atoms with Crippen LogP contribution in [0.2, 0.25) is 0 Å². The number of rotatable bonds is 5. The molecule has 0 bridgehead atoms. The lowest BCUT2D eigenvalue weighted by atomic mass is 10.2. The molecule has 1 heterocycles. The quantitative estimate of drug-likeness (QED) is 0.837. The highest BCUT2D eigenvalue weighted by molar-refractivity contribution is 8.00. The van der Waals surface area contributed by atoms with Gasteiger partial charge in [0.2, 0.25) is 5.91 Å². The van der Waals surface area contributed by atoms with E-state index in [1.165, 1.54) is 6.07 Å². The van der Waals surface area contributed by atoms with Gasteiger partial charge in [-0.2, -0.15) is 0 Å². The van der Waals surface area contributed by atoms with Gasteiger partial charge in [0, 0.05) is 18.0 Å². The summed E-state index contributed by atoms with van der Waals surface area (Å²) in [5, 5.41) is 8.74. The van der Waals surface area contributed by atoms with E-state index in [2.05, 4.69) is 0 Å². The van der Waals surface area contributed by atoms with Crippen molar-refractivity contribution in [2.75, 3.05) is 25.4 Å². The van der Waals surface area contributed by atoms with Gasteiger partial charge < -0.3 is 14.7 Å². The number of halogens is 1. The molecule has 5 nitrogen and oxygen atoms in total. The molecule has 21 heavy (non-hydrogen) atoms. The van der Waals surface area contributed by atoms with E-state index in [-0.39, 0.29) is 30.4 Å². The summed E-state index contributed by atoms with van der Waals surface area (Å²) in [6.45, 7) is 1.03. The van der Waals surface area contributed by atoms with Crippen molar-refractivity contribution in [1.82, 2.24) is 4.90 Å². The molecule has 1 aromatic carbocycles. The monoisotopic (exact) mass is 313 g/mol. The Morgan fingerprint density at radius 3 is 2.90 bits per heavy atom. The van der Waals surface area contributed by atoms with Crippen LogP contribution in [0.3, 0.4) is 0 Å². The third-order valence-corrected chi connectivity index (χ3v) is 4.11. The molecule has 0 aromatic heterocycles. The van der Waals surface area contributed by atoms with E-state index in [4.69, 9.17) is 9.84 Å². The molecule has 1 N–H and O–H groups in total. The lowest BCUT2D eigenvalue weighted by molar-refractivity contribution is -0.146. The molecule has 7 heteroatoms. The number of morpholine rings is 1. The van der Waals surface area contributed by atoms with Crippen LogP contribution in [0.5, 0.6) is 0 Å². The average molecular weight is 313 g/mol. The highest BCUT2D eigenvalue weighted by atomic mass is 32.2. The zero-order chi connectivity index (χ0) is 15.2. The first-order valence-electron chi connectivity index (χ1n) is 6.55. The Labute approximate surface area is 126 Å². The van der Waals surface area contributed by atoms with Crippen LogP contribution in [0.15, 0.2) is 29.2 Å². The van der Waals surface area contributed by atoms with Crippen molar-refractivity contribution in [2.24, 2.45) is 0 Å². The summed E-state index contributed by atoms with van der Waals surface area (Å²) >= 11 is 1.14. The number of carboxylic acid groups (broad SMARTS) is 1. The van der Waals surface area contributed by atoms with E-state index in [9.17, 15) is 14.0 Å². The molecule has 1 amide bonds. The highest BCUT2D eigenvalue weighted by Crippen LogP contribution is 2.22. The molecule has 0 radical (unpaired) electrons. The predicted molar refractivity (Wildman–Crippen MR) is 75.7 cm³/mol. The molecular weight excluding hydrogens is 297 g/mol. The zero-order valence-electron chi connectivity index (χ0n) is 11.3. The van der Waals surface area contributed by atoms with E-state index in [0.29, 0.717) is 18.0 Å². The van der Waals surface area contributed by atoms with Gasteiger partial charge in [-0.05, 0) is 12.1 Å². The van der Waals surface area contributed by atoms with Crippen LogP contribution in [0.25, 0.3) is 0 Å². The standard InChI is InChI=1S/C14H16FNO4S/c15-11-3-1-2-4-12(11)21-9-13(17)16-5-6-20-10(8-16)7-14(18)19/h1-4,10H,5-9H2,(H,18,19). The Hall–Kier alpha value is -1.60. The van der Waals surface area contributed by atoms with Crippen molar-refractivity contribution < 1.29 is 23.8 Å². The Bertz CT molecular complexity index is 525. The third kappa shape index (κ3) is 4.71. The molecule has 114 valence electrons. The van der Waals surface area contributed by atoms with Crippen molar-refractivity contribution in [3.8, 4) is 0 Å². The lowest BCUT2D eigenvalue weighted by Crippen LogP contribution is -2.46. The largest absolute Gasteiger partial charge is 0.481 e. The van der Waals surface area contributed by atoms with Crippen molar-refractivity contribution >= 4 is 23.6 Å². The molecule has 1 aliphatic heterocycles. The number of carbonyl (C=O) groups excluding carboxylic acids is 1. The molecule has 1 saturated heterocycles. The zero-order valence-corrected chi connectivity index (χ0v) is 12.1. The predicted octanol–water partition coefficient (Wildman–Crippen LogP) is 1.62. The first-order chi connectivity index (χ1) is 10.1. The van der Waals surface area contributed by atoms with Crippen LogP contribution in [0.1, 0.15) is 6.42 Å². The smallest absolute Gasteiger partial charge is 0.306 e. The van der Waals surface area contributed by atoms with Gasteiger partial charge >= 0.3 is 5.97 Å². The number of amides is 1. The number of hydrogen-bond acceptors (Lipinski definition) is 4. The first kappa shape index (κ1) is 15.8. The Morgan fingerprint density at radius 1 is 1.43 bits per heavy atom. The topological polar surface area (TPSA) is 66.8 Å².